The van der Waals surface area contributed by atoms with Crippen LogP contribution in [0.25, 0.3) is 21.9 Å². The van der Waals surface area contributed by atoms with Crippen molar-refractivity contribution in [1.29, 1.82) is 0 Å². The van der Waals surface area contributed by atoms with Gasteiger partial charge in [0.15, 0.2) is 0 Å². The second kappa shape index (κ2) is 9.44. The van der Waals surface area contributed by atoms with Gasteiger partial charge >= 0.3 is 5.97 Å². The third-order valence-electron chi connectivity index (χ3n) is 7.17. The number of rotatable bonds is 7. The molecule has 0 radical (unpaired) electrons. The van der Waals surface area contributed by atoms with E-state index in [1.165, 1.54) is 44.2 Å². The molecule has 0 fully saturated rings. The van der Waals surface area contributed by atoms with Crippen molar-refractivity contribution in [2.24, 2.45) is 0 Å². The van der Waals surface area contributed by atoms with Crippen LogP contribution in [0, 0.1) is 0 Å². The Morgan fingerprint density at radius 1 is 0.676 bits per heavy atom. The van der Waals surface area contributed by atoms with Crippen LogP contribution in [0.15, 0.2) is 128 Å². The largest absolute Gasteiger partial charge is 0.490 e. The summed E-state index contributed by atoms with van der Waals surface area (Å²) in [5, 5.41) is 2.46. The van der Waals surface area contributed by atoms with Crippen molar-refractivity contribution in [3.05, 3.63) is 150 Å². The number of benzene rings is 5. The first kappa shape index (κ1) is 22.8. The lowest BCUT2D eigenvalue weighted by molar-refractivity contribution is -0.138. The summed E-state index contributed by atoms with van der Waals surface area (Å²) in [6, 6.07) is 41.0. The van der Waals surface area contributed by atoms with E-state index in [4.69, 9.17) is 9.47 Å². The van der Waals surface area contributed by atoms with Crippen LogP contribution in [0.3, 0.4) is 0 Å². The Bertz CT molecular complexity index is 1600. The molecule has 1 aliphatic carbocycles. The van der Waals surface area contributed by atoms with Gasteiger partial charge in [0.1, 0.15) is 19.0 Å². The second-order valence-electron chi connectivity index (χ2n) is 9.15. The average Bonchev–Trinajstić information content (AvgIpc) is 3.25. The van der Waals surface area contributed by atoms with Crippen molar-refractivity contribution in [2.45, 2.75) is 5.41 Å². The molecule has 0 saturated carbocycles. The van der Waals surface area contributed by atoms with Gasteiger partial charge < -0.3 is 9.47 Å². The van der Waals surface area contributed by atoms with E-state index in [-0.39, 0.29) is 13.2 Å². The molecule has 3 nitrogen and oxygen atoms in total. The SMILES string of the molecule is C=CC(=O)OCCOc1ccc(C2(c3ccccc3)c3ccccc3-c3cc4ccccc4cc32)cc1. The van der Waals surface area contributed by atoms with Gasteiger partial charge in [-0.2, -0.15) is 0 Å². The van der Waals surface area contributed by atoms with Gasteiger partial charge in [0, 0.05) is 6.08 Å². The first-order valence-electron chi connectivity index (χ1n) is 12.4. The van der Waals surface area contributed by atoms with E-state index in [1.807, 2.05) is 12.1 Å². The van der Waals surface area contributed by atoms with E-state index in [0.29, 0.717) is 0 Å². The van der Waals surface area contributed by atoms with Gasteiger partial charge in [0.25, 0.3) is 0 Å². The predicted octanol–water partition coefficient (Wildman–Crippen LogP) is 7.31. The minimum absolute atomic E-state index is 0.175. The maximum Gasteiger partial charge on any atom is 0.330 e. The molecule has 5 aromatic rings. The highest BCUT2D eigenvalue weighted by Gasteiger charge is 2.46. The summed E-state index contributed by atoms with van der Waals surface area (Å²) >= 11 is 0. The van der Waals surface area contributed by atoms with Gasteiger partial charge in [0.05, 0.1) is 5.41 Å². The van der Waals surface area contributed by atoms with Crippen LogP contribution in [0.5, 0.6) is 5.75 Å². The number of esters is 1. The highest BCUT2D eigenvalue weighted by atomic mass is 16.6. The third-order valence-corrected chi connectivity index (χ3v) is 7.17. The summed E-state index contributed by atoms with van der Waals surface area (Å²) in [5.41, 5.74) is 7.01. The number of fused-ring (bicyclic) bond motifs is 4. The fourth-order valence-electron chi connectivity index (χ4n) is 5.60. The molecule has 37 heavy (non-hydrogen) atoms. The zero-order chi connectivity index (χ0) is 25.2. The molecule has 0 bridgehead atoms. The molecular weight excluding hydrogens is 456 g/mol. The second-order valence-corrected chi connectivity index (χ2v) is 9.15. The Labute approximate surface area is 216 Å². The summed E-state index contributed by atoms with van der Waals surface area (Å²) in [5.74, 6) is 0.279. The standard InChI is InChI=1S/C34H26O3/c1-2-33(35)37-21-20-36-28-18-16-27(17-19-28)34(26-12-4-3-5-13-26)31-15-9-8-14-29(31)30-22-24-10-6-7-11-25(24)23-32(30)34/h2-19,22-23H,1,20-21H2. The monoisotopic (exact) mass is 482 g/mol. The number of carbonyl (C=O) groups is 1. The number of hydrogen-bond donors (Lipinski definition) is 0. The molecule has 0 amide bonds. The molecule has 6 rings (SSSR count). The minimum atomic E-state index is -0.463. The van der Waals surface area contributed by atoms with Crippen LogP contribution in [0.1, 0.15) is 22.3 Å². The van der Waals surface area contributed by atoms with Crippen LogP contribution in [0.2, 0.25) is 0 Å². The molecule has 0 heterocycles. The fourth-order valence-corrected chi connectivity index (χ4v) is 5.60. The fraction of sp³-hybridized carbons (Fsp3) is 0.0882. The van der Waals surface area contributed by atoms with Crippen LogP contribution in [-0.4, -0.2) is 19.2 Å². The Kier molecular flexibility index (Phi) is 5.82. The van der Waals surface area contributed by atoms with Crippen molar-refractivity contribution in [1.82, 2.24) is 0 Å². The van der Waals surface area contributed by atoms with Crippen LogP contribution >= 0.6 is 0 Å². The number of ether oxygens (including phenoxy) is 2. The highest BCUT2D eigenvalue weighted by Crippen LogP contribution is 2.56. The number of carbonyl (C=O) groups excluding carboxylic acids is 1. The summed E-state index contributed by atoms with van der Waals surface area (Å²) in [7, 11) is 0. The first-order chi connectivity index (χ1) is 18.2. The average molecular weight is 483 g/mol. The molecule has 1 aliphatic rings. The van der Waals surface area contributed by atoms with Crippen molar-refractivity contribution < 1.29 is 14.3 Å². The molecule has 0 aliphatic heterocycles. The lowest BCUT2D eigenvalue weighted by Gasteiger charge is -2.34. The van der Waals surface area contributed by atoms with Gasteiger partial charge in [-0.15, -0.1) is 0 Å². The van der Waals surface area contributed by atoms with Crippen molar-refractivity contribution >= 4 is 16.7 Å². The van der Waals surface area contributed by atoms with Crippen molar-refractivity contribution in [3.63, 3.8) is 0 Å². The Morgan fingerprint density at radius 3 is 2.08 bits per heavy atom. The quantitative estimate of drug-likeness (QED) is 0.136. The molecule has 0 aromatic heterocycles. The minimum Gasteiger partial charge on any atom is -0.490 e. The zero-order valence-electron chi connectivity index (χ0n) is 20.4. The van der Waals surface area contributed by atoms with Gasteiger partial charge in [-0.1, -0.05) is 97.6 Å². The smallest absolute Gasteiger partial charge is 0.330 e. The van der Waals surface area contributed by atoms with E-state index < -0.39 is 11.4 Å². The van der Waals surface area contributed by atoms with Crippen molar-refractivity contribution in [3.8, 4) is 16.9 Å². The maximum atomic E-state index is 11.3. The van der Waals surface area contributed by atoms with Gasteiger partial charge in [-0.05, 0) is 68.4 Å². The summed E-state index contributed by atoms with van der Waals surface area (Å²) in [4.78, 5) is 11.3. The molecular formula is C34H26O3. The molecule has 1 unspecified atom stereocenters. The van der Waals surface area contributed by atoms with Crippen LogP contribution in [0.4, 0.5) is 0 Å². The zero-order valence-corrected chi connectivity index (χ0v) is 20.4. The molecule has 5 aromatic carbocycles. The lowest BCUT2D eigenvalue weighted by Crippen LogP contribution is -2.28. The predicted molar refractivity (Wildman–Crippen MR) is 148 cm³/mol. The van der Waals surface area contributed by atoms with E-state index in [0.717, 1.165) is 11.8 Å². The Balaban J connectivity index is 1.50. The van der Waals surface area contributed by atoms with E-state index in [2.05, 4.69) is 110 Å². The van der Waals surface area contributed by atoms with Gasteiger partial charge in [0.2, 0.25) is 0 Å². The third kappa shape index (κ3) is 3.80. The number of hydrogen-bond acceptors (Lipinski definition) is 3. The summed E-state index contributed by atoms with van der Waals surface area (Å²) in [6.07, 6.45) is 1.15. The van der Waals surface area contributed by atoms with Gasteiger partial charge in [-0.3, -0.25) is 0 Å². The Morgan fingerprint density at radius 2 is 1.32 bits per heavy atom. The topological polar surface area (TPSA) is 35.5 Å². The first-order valence-corrected chi connectivity index (χ1v) is 12.4. The Hall–Kier alpha value is -4.63. The summed E-state index contributed by atoms with van der Waals surface area (Å²) in [6.45, 7) is 3.86. The maximum absolute atomic E-state index is 11.3. The molecule has 0 spiro atoms. The molecule has 1 atom stereocenters. The molecule has 0 N–H and O–H groups in total. The van der Waals surface area contributed by atoms with E-state index >= 15 is 0 Å². The molecule has 0 saturated heterocycles. The van der Waals surface area contributed by atoms with Gasteiger partial charge in [-0.25, -0.2) is 4.79 Å². The van der Waals surface area contributed by atoms with Crippen LogP contribution in [-0.2, 0) is 14.9 Å². The van der Waals surface area contributed by atoms with E-state index in [9.17, 15) is 4.79 Å². The van der Waals surface area contributed by atoms with E-state index in [1.54, 1.807) is 0 Å². The molecule has 3 heteroatoms. The van der Waals surface area contributed by atoms with Crippen LogP contribution < -0.4 is 4.74 Å². The normalized spacial score (nSPS) is 15.6. The highest BCUT2D eigenvalue weighted by molar-refractivity contribution is 5.95. The van der Waals surface area contributed by atoms with Crippen molar-refractivity contribution in [2.75, 3.05) is 13.2 Å². The summed E-state index contributed by atoms with van der Waals surface area (Å²) < 4.78 is 10.9. The molecule has 180 valence electrons. The lowest BCUT2D eigenvalue weighted by atomic mass is 9.67.